The minimum absolute atomic E-state index is 0.252. The number of carbonyl (C=O) groups excluding carboxylic acids is 3. The molecule has 1 atom stereocenters. The third-order valence-electron chi connectivity index (χ3n) is 3.25. The number of halogens is 1. The third kappa shape index (κ3) is 4.73. The number of methoxy groups -OCH3 is 1. The molecule has 22 heavy (non-hydrogen) atoms. The summed E-state index contributed by atoms with van der Waals surface area (Å²) in [7, 11) is 1.25. The number of ether oxygens (including phenoxy) is 1. The molecule has 1 aromatic rings. The lowest BCUT2D eigenvalue weighted by atomic mass is 9.99. The lowest BCUT2D eigenvalue weighted by Crippen LogP contribution is -2.54. The number of amides is 2. The molecule has 0 unspecified atom stereocenters. The molecule has 0 aliphatic carbocycles. The SMILES string of the molecule is CC[C@](C)(NC(=O)CNC(=O)c1cccc(Cl)c1)C(=O)OC. The van der Waals surface area contributed by atoms with Crippen LogP contribution in [-0.2, 0) is 14.3 Å². The Balaban J connectivity index is 2.59. The van der Waals surface area contributed by atoms with E-state index in [0.29, 0.717) is 17.0 Å². The normalized spacial score (nSPS) is 12.9. The Morgan fingerprint density at radius 1 is 1.32 bits per heavy atom. The summed E-state index contributed by atoms with van der Waals surface area (Å²) < 4.78 is 4.66. The highest BCUT2D eigenvalue weighted by Crippen LogP contribution is 2.11. The van der Waals surface area contributed by atoms with E-state index >= 15 is 0 Å². The third-order valence-corrected chi connectivity index (χ3v) is 3.49. The Labute approximate surface area is 134 Å². The van der Waals surface area contributed by atoms with E-state index < -0.39 is 23.3 Å². The highest BCUT2D eigenvalue weighted by molar-refractivity contribution is 6.30. The molecule has 0 saturated carbocycles. The molecule has 0 aromatic heterocycles. The number of benzene rings is 1. The van der Waals surface area contributed by atoms with E-state index in [1.54, 1.807) is 32.0 Å². The number of hydrogen-bond acceptors (Lipinski definition) is 4. The van der Waals surface area contributed by atoms with Crippen molar-refractivity contribution in [2.75, 3.05) is 13.7 Å². The molecule has 6 nitrogen and oxygen atoms in total. The Morgan fingerprint density at radius 2 is 2.00 bits per heavy atom. The van der Waals surface area contributed by atoms with Gasteiger partial charge in [-0.05, 0) is 31.5 Å². The van der Waals surface area contributed by atoms with Crippen molar-refractivity contribution in [3.63, 3.8) is 0 Å². The molecule has 0 radical (unpaired) electrons. The molecule has 0 aliphatic heterocycles. The minimum atomic E-state index is -1.12. The van der Waals surface area contributed by atoms with Gasteiger partial charge >= 0.3 is 5.97 Å². The van der Waals surface area contributed by atoms with Crippen LogP contribution >= 0.6 is 11.6 Å². The van der Waals surface area contributed by atoms with Gasteiger partial charge in [-0.2, -0.15) is 0 Å². The van der Waals surface area contributed by atoms with Crippen molar-refractivity contribution >= 4 is 29.4 Å². The van der Waals surface area contributed by atoms with Gasteiger partial charge in [0.05, 0.1) is 13.7 Å². The summed E-state index contributed by atoms with van der Waals surface area (Å²) in [4.78, 5) is 35.4. The van der Waals surface area contributed by atoms with Crippen LogP contribution in [0.15, 0.2) is 24.3 Å². The Bertz CT molecular complexity index is 576. The fourth-order valence-electron chi connectivity index (χ4n) is 1.75. The van der Waals surface area contributed by atoms with Gasteiger partial charge in [-0.1, -0.05) is 24.6 Å². The van der Waals surface area contributed by atoms with Gasteiger partial charge in [0, 0.05) is 10.6 Å². The zero-order chi connectivity index (χ0) is 16.8. The predicted octanol–water partition coefficient (Wildman–Crippen LogP) is 1.53. The van der Waals surface area contributed by atoms with Crippen LogP contribution in [0.4, 0.5) is 0 Å². The van der Waals surface area contributed by atoms with Crippen molar-refractivity contribution in [3.05, 3.63) is 34.9 Å². The summed E-state index contributed by atoms with van der Waals surface area (Å²) in [5.41, 5.74) is -0.765. The van der Waals surface area contributed by atoms with Crippen LogP contribution in [0.1, 0.15) is 30.6 Å². The summed E-state index contributed by atoms with van der Waals surface area (Å²) in [5, 5.41) is 5.46. The fourth-order valence-corrected chi connectivity index (χ4v) is 1.94. The van der Waals surface area contributed by atoms with Gasteiger partial charge in [-0.3, -0.25) is 9.59 Å². The number of nitrogens with one attached hydrogen (secondary N) is 2. The molecule has 0 spiro atoms. The fraction of sp³-hybridized carbons (Fsp3) is 0.400. The molecular formula is C15H19ClN2O4. The van der Waals surface area contributed by atoms with Gasteiger partial charge in [0.15, 0.2) is 0 Å². The quantitative estimate of drug-likeness (QED) is 0.776. The van der Waals surface area contributed by atoms with Crippen LogP contribution in [0.25, 0.3) is 0 Å². The predicted molar refractivity (Wildman–Crippen MR) is 82.6 cm³/mol. The molecule has 0 bridgehead atoms. The standard InChI is InChI=1S/C15H19ClN2O4/c1-4-15(2,14(21)22-3)18-12(19)9-17-13(20)10-6-5-7-11(16)8-10/h5-8H,4,9H2,1-3H3,(H,17,20)(H,18,19)/t15-/m0/s1. The summed E-state index contributed by atoms with van der Waals surface area (Å²) >= 11 is 5.80. The number of rotatable bonds is 6. The second-order valence-electron chi connectivity index (χ2n) is 4.92. The maximum atomic E-state index is 11.9. The zero-order valence-electron chi connectivity index (χ0n) is 12.7. The second-order valence-corrected chi connectivity index (χ2v) is 5.35. The van der Waals surface area contributed by atoms with E-state index in [-0.39, 0.29) is 6.54 Å². The van der Waals surface area contributed by atoms with Crippen molar-refractivity contribution < 1.29 is 19.1 Å². The average molecular weight is 327 g/mol. The first kappa shape index (κ1) is 18.0. The van der Waals surface area contributed by atoms with Gasteiger partial charge < -0.3 is 15.4 Å². The van der Waals surface area contributed by atoms with Crippen LogP contribution in [-0.4, -0.2) is 37.0 Å². The summed E-state index contributed by atoms with van der Waals surface area (Å²) in [6, 6.07) is 6.37. The summed E-state index contributed by atoms with van der Waals surface area (Å²) in [5.74, 6) is -1.44. The van der Waals surface area contributed by atoms with Crippen molar-refractivity contribution in [3.8, 4) is 0 Å². The maximum absolute atomic E-state index is 11.9. The lowest BCUT2D eigenvalue weighted by molar-refractivity contribution is -0.150. The molecular weight excluding hydrogens is 308 g/mol. The number of esters is 1. The molecule has 2 amide bonds. The number of hydrogen-bond donors (Lipinski definition) is 2. The molecule has 120 valence electrons. The average Bonchev–Trinajstić information content (AvgIpc) is 2.51. The van der Waals surface area contributed by atoms with E-state index in [2.05, 4.69) is 15.4 Å². The molecule has 0 saturated heterocycles. The molecule has 7 heteroatoms. The van der Waals surface area contributed by atoms with E-state index in [0.717, 1.165) is 0 Å². The van der Waals surface area contributed by atoms with Gasteiger partial charge in [0.25, 0.3) is 5.91 Å². The first-order chi connectivity index (χ1) is 10.3. The van der Waals surface area contributed by atoms with Crippen molar-refractivity contribution in [1.82, 2.24) is 10.6 Å². The van der Waals surface area contributed by atoms with E-state index in [9.17, 15) is 14.4 Å². The highest BCUT2D eigenvalue weighted by Gasteiger charge is 2.33. The summed E-state index contributed by atoms with van der Waals surface area (Å²) in [6.07, 6.45) is 0.369. The molecule has 0 aliphatic rings. The Kier molecular flexibility index (Phi) is 6.37. The van der Waals surface area contributed by atoms with Crippen LogP contribution in [0.2, 0.25) is 5.02 Å². The van der Waals surface area contributed by atoms with Gasteiger partial charge in [0.1, 0.15) is 5.54 Å². The molecule has 2 N–H and O–H groups in total. The lowest BCUT2D eigenvalue weighted by Gasteiger charge is -2.26. The second kappa shape index (κ2) is 7.79. The monoisotopic (exact) mass is 326 g/mol. The van der Waals surface area contributed by atoms with Crippen LogP contribution in [0.3, 0.4) is 0 Å². The maximum Gasteiger partial charge on any atom is 0.331 e. The Morgan fingerprint density at radius 3 is 2.55 bits per heavy atom. The van der Waals surface area contributed by atoms with Crippen LogP contribution in [0, 0.1) is 0 Å². The van der Waals surface area contributed by atoms with Crippen LogP contribution in [0.5, 0.6) is 0 Å². The molecule has 1 aromatic carbocycles. The molecule has 0 heterocycles. The molecule has 0 fully saturated rings. The first-order valence-corrected chi connectivity index (χ1v) is 7.13. The van der Waals surface area contributed by atoms with Crippen molar-refractivity contribution in [1.29, 1.82) is 0 Å². The van der Waals surface area contributed by atoms with E-state index in [1.807, 2.05) is 0 Å². The Hall–Kier alpha value is -2.08. The zero-order valence-corrected chi connectivity index (χ0v) is 13.5. The van der Waals surface area contributed by atoms with E-state index in [1.165, 1.54) is 13.2 Å². The van der Waals surface area contributed by atoms with Crippen molar-refractivity contribution in [2.24, 2.45) is 0 Å². The number of carbonyl (C=O) groups is 3. The highest BCUT2D eigenvalue weighted by atomic mass is 35.5. The van der Waals surface area contributed by atoms with Gasteiger partial charge in [-0.25, -0.2) is 4.79 Å². The summed E-state index contributed by atoms with van der Waals surface area (Å²) in [6.45, 7) is 3.06. The van der Waals surface area contributed by atoms with Crippen LogP contribution < -0.4 is 10.6 Å². The van der Waals surface area contributed by atoms with Gasteiger partial charge in [0.2, 0.25) is 5.91 Å². The smallest absolute Gasteiger partial charge is 0.331 e. The van der Waals surface area contributed by atoms with E-state index in [4.69, 9.17) is 11.6 Å². The topological polar surface area (TPSA) is 84.5 Å². The van der Waals surface area contributed by atoms with Gasteiger partial charge in [-0.15, -0.1) is 0 Å². The molecule has 1 rings (SSSR count). The first-order valence-electron chi connectivity index (χ1n) is 6.75. The minimum Gasteiger partial charge on any atom is -0.467 e. The van der Waals surface area contributed by atoms with Crippen molar-refractivity contribution in [2.45, 2.75) is 25.8 Å². The largest absolute Gasteiger partial charge is 0.467 e.